The minimum Gasteiger partial charge on any atom is -0.324 e. The second-order valence-corrected chi connectivity index (χ2v) is 6.04. The summed E-state index contributed by atoms with van der Waals surface area (Å²) in [6.45, 7) is 1.90. The summed E-state index contributed by atoms with van der Waals surface area (Å²) in [5.74, 6) is 0.0525. The number of fused-ring (bicyclic) bond motifs is 1. The number of benzene rings is 1. The number of carbonyl (C=O) groups is 1. The van der Waals surface area contributed by atoms with E-state index in [0.29, 0.717) is 0 Å². The second kappa shape index (κ2) is 3.51. The highest BCUT2D eigenvalue weighted by Crippen LogP contribution is 2.49. The molecular formula is C13H12N2OS. The molecule has 1 amide bonds. The number of nitrogens with zero attached hydrogens (tertiary/aromatic N) is 1. The molecule has 4 heteroatoms. The Morgan fingerprint density at radius 1 is 1.53 bits per heavy atom. The zero-order valence-electron chi connectivity index (χ0n) is 9.49. The molecule has 1 unspecified atom stereocenters. The third-order valence-corrected chi connectivity index (χ3v) is 4.59. The van der Waals surface area contributed by atoms with Crippen LogP contribution in [0.25, 0.3) is 0 Å². The normalized spacial score (nSPS) is 24.5. The first-order valence-corrected chi connectivity index (χ1v) is 6.56. The van der Waals surface area contributed by atoms with E-state index in [9.17, 15) is 10.1 Å². The van der Waals surface area contributed by atoms with Crippen LogP contribution in [0.4, 0.5) is 5.69 Å². The summed E-state index contributed by atoms with van der Waals surface area (Å²) in [7, 11) is 0. The molecule has 0 saturated heterocycles. The first-order chi connectivity index (χ1) is 8.14. The highest BCUT2D eigenvalue weighted by molar-refractivity contribution is 8.00. The first kappa shape index (κ1) is 10.7. The van der Waals surface area contributed by atoms with Gasteiger partial charge in [0.2, 0.25) is 5.91 Å². The summed E-state index contributed by atoms with van der Waals surface area (Å²) in [4.78, 5) is 12.6. The van der Waals surface area contributed by atoms with E-state index in [1.54, 1.807) is 11.8 Å². The second-order valence-electron chi connectivity index (χ2n) is 4.65. The molecule has 17 heavy (non-hydrogen) atoms. The van der Waals surface area contributed by atoms with Crippen molar-refractivity contribution >= 4 is 23.4 Å². The summed E-state index contributed by atoms with van der Waals surface area (Å²) in [5.41, 5.74) is 1.71. The van der Waals surface area contributed by atoms with Crippen molar-refractivity contribution < 1.29 is 4.79 Å². The molecule has 1 aromatic rings. The quantitative estimate of drug-likeness (QED) is 0.826. The van der Waals surface area contributed by atoms with Gasteiger partial charge < -0.3 is 5.32 Å². The lowest BCUT2D eigenvalue weighted by molar-refractivity contribution is -0.115. The zero-order chi connectivity index (χ0) is 12.0. The highest BCUT2D eigenvalue weighted by atomic mass is 32.2. The van der Waals surface area contributed by atoms with Gasteiger partial charge in [-0.1, -0.05) is 6.07 Å². The predicted molar refractivity (Wildman–Crippen MR) is 66.9 cm³/mol. The standard InChI is InChI=1S/C13H12N2OS/c1-8-12(16)15-10-3-2-9(6-11(10)17-8)13(7-14)4-5-13/h2-3,6,8H,4-5H2,1H3,(H,15,16). The van der Waals surface area contributed by atoms with E-state index in [-0.39, 0.29) is 16.6 Å². The number of anilines is 1. The van der Waals surface area contributed by atoms with Crippen LogP contribution in [-0.2, 0) is 10.2 Å². The monoisotopic (exact) mass is 244 g/mol. The van der Waals surface area contributed by atoms with Gasteiger partial charge in [-0.2, -0.15) is 5.26 Å². The summed E-state index contributed by atoms with van der Waals surface area (Å²) in [6, 6.07) is 8.34. The molecule has 1 aliphatic heterocycles. The Morgan fingerprint density at radius 3 is 2.94 bits per heavy atom. The van der Waals surface area contributed by atoms with E-state index in [4.69, 9.17) is 0 Å². The topological polar surface area (TPSA) is 52.9 Å². The van der Waals surface area contributed by atoms with Crippen LogP contribution in [0.3, 0.4) is 0 Å². The Kier molecular flexibility index (Phi) is 2.20. The summed E-state index contributed by atoms with van der Waals surface area (Å²) >= 11 is 1.57. The Hall–Kier alpha value is -1.47. The number of thioether (sulfide) groups is 1. The van der Waals surface area contributed by atoms with Crippen molar-refractivity contribution in [3.8, 4) is 6.07 Å². The van der Waals surface area contributed by atoms with Gasteiger partial charge in [0.05, 0.1) is 22.4 Å². The summed E-state index contributed by atoms with van der Waals surface area (Å²) < 4.78 is 0. The maximum Gasteiger partial charge on any atom is 0.237 e. The molecule has 1 aromatic carbocycles. The fourth-order valence-corrected chi connectivity index (χ4v) is 3.08. The van der Waals surface area contributed by atoms with E-state index in [0.717, 1.165) is 29.0 Å². The molecular weight excluding hydrogens is 232 g/mol. The molecule has 1 heterocycles. The van der Waals surface area contributed by atoms with Gasteiger partial charge in [0, 0.05) is 4.90 Å². The van der Waals surface area contributed by atoms with Crippen LogP contribution in [0.1, 0.15) is 25.3 Å². The molecule has 1 fully saturated rings. The van der Waals surface area contributed by atoms with Gasteiger partial charge in [0.1, 0.15) is 0 Å². The van der Waals surface area contributed by atoms with E-state index in [1.807, 2.05) is 19.1 Å². The molecule has 1 aliphatic carbocycles. The van der Waals surface area contributed by atoms with E-state index < -0.39 is 0 Å². The van der Waals surface area contributed by atoms with Gasteiger partial charge >= 0.3 is 0 Å². The lowest BCUT2D eigenvalue weighted by atomic mass is 9.97. The molecule has 86 valence electrons. The van der Waals surface area contributed by atoms with E-state index in [1.165, 1.54) is 0 Å². The number of hydrogen-bond donors (Lipinski definition) is 1. The van der Waals surface area contributed by atoms with Crippen LogP contribution in [-0.4, -0.2) is 11.2 Å². The molecule has 3 rings (SSSR count). The van der Waals surface area contributed by atoms with Gasteiger partial charge in [-0.25, -0.2) is 0 Å². The molecule has 0 bridgehead atoms. The van der Waals surface area contributed by atoms with Gasteiger partial charge in [-0.15, -0.1) is 11.8 Å². The van der Waals surface area contributed by atoms with Crippen LogP contribution in [0.2, 0.25) is 0 Å². The highest BCUT2D eigenvalue weighted by Gasteiger charge is 2.45. The van der Waals surface area contributed by atoms with Gasteiger partial charge in [-0.3, -0.25) is 4.79 Å². The smallest absolute Gasteiger partial charge is 0.237 e. The Balaban J connectivity index is 2.01. The summed E-state index contributed by atoms with van der Waals surface area (Å²) in [6.07, 6.45) is 1.91. The van der Waals surface area contributed by atoms with Crippen molar-refractivity contribution in [2.24, 2.45) is 0 Å². The van der Waals surface area contributed by atoms with Crippen LogP contribution in [0.5, 0.6) is 0 Å². The average molecular weight is 244 g/mol. The van der Waals surface area contributed by atoms with Crippen molar-refractivity contribution in [3.63, 3.8) is 0 Å². The molecule has 2 aliphatic rings. The van der Waals surface area contributed by atoms with Gasteiger partial charge in [0.15, 0.2) is 0 Å². The largest absolute Gasteiger partial charge is 0.324 e. The minimum atomic E-state index is -0.250. The van der Waals surface area contributed by atoms with Crippen LogP contribution >= 0.6 is 11.8 Å². The Morgan fingerprint density at radius 2 is 2.29 bits per heavy atom. The molecule has 0 aromatic heterocycles. The molecule has 1 atom stereocenters. The average Bonchev–Trinajstić information content (AvgIpc) is 3.11. The first-order valence-electron chi connectivity index (χ1n) is 5.68. The maximum atomic E-state index is 11.5. The Bertz CT molecular complexity index is 543. The van der Waals surface area contributed by atoms with Crippen LogP contribution < -0.4 is 5.32 Å². The molecule has 1 N–H and O–H groups in total. The lowest BCUT2D eigenvalue weighted by Gasteiger charge is -2.22. The van der Waals surface area contributed by atoms with Gasteiger partial charge in [0.25, 0.3) is 0 Å². The van der Waals surface area contributed by atoms with Crippen molar-refractivity contribution in [3.05, 3.63) is 23.8 Å². The fraction of sp³-hybridized carbons (Fsp3) is 0.385. The molecule has 1 saturated carbocycles. The lowest BCUT2D eigenvalue weighted by Crippen LogP contribution is -2.26. The van der Waals surface area contributed by atoms with Crippen molar-refractivity contribution in [1.29, 1.82) is 5.26 Å². The maximum absolute atomic E-state index is 11.5. The number of nitrogens with one attached hydrogen (secondary N) is 1. The number of carbonyl (C=O) groups excluding carboxylic acids is 1. The zero-order valence-corrected chi connectivity index (χ0v) is 10.3. The molecule has 3 nitrogen and oxygen atoms in total. The number of hydrogen-bond acceptors (Lipinski definition) is 3. The van der Waals surface area contributed by atoms with Crippen LogP contribution in [0, 0.1) is 11.3 Å². The third-order valence-electron chi connectivity index (χ3n) is 3.43. The van der Waals surface area contributed by atoms with Crippen LogP contribution in [0.15, 0.2) is 23.1 Å². The fourth-order valence-electron chi connectivity index (χ4n) is 2.09. The van der Waals surface area contributed by atoms with Gasteiger partial charge in [-0.05, 0) is 37.5 Å². The predicted octanol–water partition coefficient (Wildman–Crippen LogP) is 2.67. The van der Waals surface area contributed by atoms with E-state index in [2.05, 4.69) is 17.5 Å². The summed E-state index contributed by atoms with van der Waals surface area (Å²) in [5, 5.41) is 12.0. The number of amides is 1. The third kappa shape index (κ3) is 1.62. The van der Waals surface area contributed by atoms with Crippen molar-refractivity contribution in [1.82, 2.24) is 0 Å². The number of nitriles is 1. The number of rotatable bonds is 1. The SMILES string of the molecule is CC1Sc2cc(C3(C#N)CC3)ccc2NC1=O. The Labute approximate surface area is 104 Å². The van der Waals surface area contributed by atoms with Crippen molar-refractivity contribution in [2.45, 2.75) is 35.3 Å². The minimum absolute atomic E-state index is 0.0525. The van der Waals surface area contributed by atoms with Crippen molar-refractivity contribution in [2.75, 3.05) is 5.32 Å². The molecule has 0 spiro atoms. The molecule has 0 radical (unpaired) electrons. The van der Waals surface area contributed by atoms with E-state index >= 15 is 0 Å².